The van der Waals surface area contributed by atoms with Gasteiger partial charge in [0.05, 0.1) is 35.1 Å². The van der Waals surface area contributed by atoms with E-state index in [1.807, 2.05) is 27.8 Å². The van der Waals surface area contributed by atoms with Crippen molar-refractivity contribution < 1.29 is 5.11 Å². The van der Waals surface area contributed by atoms with Gasteiger partial charge in [-0.3, -0.25) is 9.58 Å². The molecule has 190 valence electrons. The molecule has 6 heteroatoms. The molecule has 1 saturated heterocycles. The zero-order valence-corrected chi connectivity index (χ0v) is 21.9. The Kier molecular flexibility index (Phi) is 7.01. The minimum atomic E-state index is -0.507. The minimum absolute atomic E-state index is 0.505. The van der Waals surface area contributed by atoms with Gasteiger partial charge in [0.1, 0.15) is 0 Å². The summed E-state index contributed by atoms with van der Waals surface area (Å²) >= 11 is 1.59. The highest BCUT2D eigenvalue weighted by Gasteiger charge is 2.44. The van der Waals surface area contributed by atoms with Crippen LogP contribution < -0.4 is 0 Å². The summed E-state index contributed by atoms with van der Waals surface area (Å²) in [6.45, 7) is 2.02. The average Bonchev–Trinajstić information content (AvgIpc) is 3.65. The van der Waals surface area contributed by atoms with Crippen LogP contribution in [0.2, 0.25) is 0 Å². The number of thiazole rings is 1. The number of nitrogens with zero attached hydrogens (tertiary/aromatic N) is 4. The molecule has 0 spiro atoms. The Hall–Kier alpha value is -3.84. The van der Waals surface area contributed by atoms with Crippen molar-refractivity contribution >= 4 is 17.4 Å². The molecular weight excluding hydrogens is 488 g/mol. The second kappa shape index (κ2) is 10.9. The fourth-order valence-corrected chi connectivity index (χ4v) is 6.15. The third-order valence-electron chi connectivity index (χ3n) is 7.32. The fourth-order valence-electron chi connectivity index (χ4n) is 5.60. The Balaban J connectivity index is 1.42. The van der Waals surface area contributed by atoms with E-state index >= 15 is 0 Å². The van der Waals surface area contributed by atoms with Crippen LogP contribution in [0.25, 0.3) is 6.08 Å². The van der Waals surface area contributed by atoms with Crippen LogP contribution in [0, 0.1) is 0 Å². The normalized spacial score (nSPS) is 17.6. The molecule has 1 fully saturated rings. The number of likely N-dealkylation sites (tertiary alicyclic amines) is 1. The Labute approximate surface area is 227 Å². The zero-order chi connectivity index (χ0) is 25.8. The van der Waals surface area contributed by atoms with Crippen LogP contribution in [0.15, 0.2) is 120 Å². The second-order valence-corrected chi connectivity index (χ2v) is 10.4. The van der Waals surface area contributed by atoms with E-state index in [0.717, 1.165) is 23.5 Å². The van der Waals surface area contributed by atoms with Gasteiger partial charge in [-0.1, -0.05) is 91.0 Å². The fraction of sp³-hybridized carbons (Fsp3) is 0.188. The van der Waals surface area contributed by atoms with Crippen LogP contribution in [0.1, 0.15) is 34.5 Å². The van der Waals surface area contributed by atoms with Crippen molar-refractivity contribution in [3.05, 3.63) is 148 Å². The summed E-state index contributed by atoms with van der Waals surface area (Å²) < 4.78 is 1.90. The number of rotatable bonds is 7. The van der Waals surface area contributed by atoms with Crippen molar-refractivity contribution in [2.75, 3.05) is 13.1 Å². The number of aromatic nitrogens is 3. The summed E-state index contributed by atoms with van der Waals surface area (Å²) in [5.74, 6) is 0. The topological polar surface area (TPSA) is 54.2 Å². The highest BCUT2D eigenvalue weighted by molar-refractivity contribution is 7.07. The summed E-state index contributed by atoms with van der Waals surface area (Å²) in [5.41, 5.74) is 7.78. The number of hydrogen-bond acceptors (Lipinski definition) is 5. The molecule has 5 aromatic rings. The van der Waals surface area contributed by atoms with E-state index in [0.29, 0.717) is 19.5 Å². The van der Waals surface area contributed by atoms with E-state index in [2.05, 4.69) is 107 Å². The molecule has 1 aliphatic rings. The third kappa shape index (κ3) is 4.74. The van der Waals surface area contributed by atoms with Crippen molar-refractivity contribution in [3.8, 4) is 0 Å². The van der Waals surface area contributed by atoms with Gasteiger partial charge in [-0.2, -0.15) is 5.10 Å². The lowest BCUT2D eigenvalue weighted by Crippen LogP contribution is -2.52. The predicted octanol–water partition coefficient (Wildman–Crippen LogP) is 5.83. The van der Waals surface area contributed by atoms with E-state index in [-0.39, 0.29) is 0 Å². The molecule has 1 aliphatic heterocycles. The van der Waals surface area contributed by atoms with Gasteiger partial charge in [0.2, 0.25) is 0 Å². The molecule has 0 radical (unpaired) electrons. The molecule has 3 aromatic carbocycles. The number of aliphatic hydroxyl groups is 1. The summed E-state index contributed by atoms with van der Waals surface area (Å²) in [7, 11) is 0. The lowest BCUT2D eigenvalue weighted by atomic mass is 9.74. The number of piperidine rings is 1. The molecule has 2 aromatic heterocycles. The number of aliphatic hydroxyl groups excluding tert-OH is 1. The molecule has 0 amide bonds. The lowest BCUT2D eigenvalue weighted by molar-refractivity contribution is 0.0871. The Morgan fingerprint density at radius 3 is 2.03 bits per heavy atom. The maximum absolute atomic E-state index is 11.1. The van der Waals surface area contributed by atoms with Crippen LogP contribution in [-0.2, 0) is 12.1 Å². The van der Waals surface area contributed by atoms with Gasteiger partial charge >= 0.3 is 0 Å². The van der Waals surface area contributed by atoms with E-state index in [1.165, 1.54) is 16.7 Å². The molecule has 38 heavy (non-hydrogen) atoms. The largest absolute Gasteiger partial charge is 0.389 e. The highest BCUT2D eigenvalue weighted by Crippen LogP contribution is 2.44. The van der Waals surface area contributed by atoms with Crippen LogP contribution in [0.5, 0.6) is 0 Å². The van der Waals surface area contributed by atoms with Gasteiger partial charge in [-0.25, -0.2) is 4.98 Å². The summed E-state index contributed by atoms with van der Waals surface area (Å²) in [6.07, 6.45) is 4.18. The first-order valence-electron chi connectivity index (χ1n) is 12.9. The third-order valence-corrected chi connectivity index (χ3v) is 7.96. The monoisotopic (exact) mass is 518 g/mol. The Bertz CT molecular complexity index is 1380. The zero-order valence-electron chi connectivity index (χ0n) is 21.1. The van der Waals surface area contributed by atoms with Crippen molar-refractivity contribution in [3.63, 3.8) is 0 Å². The molecule has 0 aliphatic carbocycles. The molecule has 1 N–H and O–H groups in total. The van der Waals surface area contributed by atoms with Gasteiger partial charge in [0.15, 0.2) is 0 Å². The SMILES string of the molecule is OC1CCN(C(c2ccccc2)(c2ccccc2)c2ccccc2)C/C1=C\c1ccn(Cc2cscn2)n1. The summed E-state index contributed by atoms with van der Waals surface area (Å²) in [4.78, 5) is 6.88. The first kappa shape index (κ1) is 24.5. The molecule has 3 heterocycles. The average molecular weight is 519 g/mol. The van der Waals surface area contributed by atoms with Gasteiger partial charge in [0, 0.05) is 24.7 Å². The smallest absolute Gasteiger partial charge is 0.0975 e. The maximum Gasteiger partial charge on any atom is 0.0975 e. The van der Waals surface area contributed by atoms with E-state index in [4.69, 9.17) is 5.10 Å². The minimum Gasteiger partial charge on any atom is -0.389 e. The van der Waals surface area contributed by atoms with Crippen LogP contribution in [0.4, 0.5) is 0 Å². The van der Waals surface area contributed by atoms with Crippen molar-refractivity contribution in [1.29, 1.82) is 0 Å². The van der Waals surface area contributed by atoms with Crippen LogP contribution >= 0.6 is 11.3 Å². The van der Waals surface area contributed by atoms with Crippen molar-refractivity contribution in [2.24, 2.45) is 0 Å². The van der Waals surface area contributed by atoms with Gasteiger partial charge in [-0.05, 0) is 40.8 Å². The second-order valence-electron chi connectivity index (χ2n) is 9.67. The van der Waals surface area contributed by atoms with Gasteiger partial charge < -0.3 is 5.11 Å². The van der Waals surface area contributed by atoms with Crippen LogP contribution in [0.3, 0.4) is 0 Å². The molecule has 1 atom stereocenters. The molecule has 0 bridgehead atoms. The molecule has 6 rings (SSSR count). The Morgan fingerprint density at radius 1 is 0.868 bits per heavy atom. The first-order valence-corrected chi connectivity index (χ1v) is 13.9. The van der Waals surface area contributed by atoms with Crippen molar-refractivity contribution in [2.45, 2.75) is 24.6 Å². The first-order chi connectivity index (χ1) is 18.7. The standard InChI is InChI=1S/C32H30N4OS/c37-31-17-18-35(21-25(31)20-29-16-19-36(34-29)22-30-23-38-24-33-30)32(26-10-4-1-5-11-26,27-12-6-2-7-13-27)28-14-8-3-9-15-28/h1-16,19-20,23-24,31,37H,17-18,21-22H2/b25-20+. The summed E-state index contributed by atoms with van der Waals surface area (Å²) in [5, 5.41) is 17.9. The van der Waals surface area contributed by atoms with E-state index in [9.17, 15) is 5.11 Å². The maximum atomic E-state index is 11.1. The lowest BCUT2D eigenvalue weighted by Gasteiger charge is -2.48. The quantitative estimate of drug-likeness (QED) is 0.276. The van der Waals surface area contributed by atoms with Crippen LogP contribution in [-0.4, -0.2) is 44.0 Å². The molecular formula is C32H30N4OS. The highest BCUT2D eigenvalue weighted by atomic mass is 32.1. The predicted molar refractivity (Wildman–Crippen MR) is 153 cm³/mol. The number of hydrogen-bond donors (Lipinski definition) is 1. The van der Waals surface area contributed by atoms with E-state index in [1.54, 1.807) is 11.3 Å². The molecule has 0 saturated carbocycles. The van der Waals surface area contributed by atoms with E-state index < -0.39 is 11.6 Å². The Morgan fingerprint density at radius 2 is 1.47 bits per heavy atom. The molecule has 5 nitrogen and oxygen atoms in total. The number of benzene rings is 3. The molecule has 1 unspecified atom stereocenters. The van der Waals surface area contributed by atoms with Gasteiger partial charge in [0.25, 0.3) is 0 Å². The van der Waals surface area contributed by atoms with Gasteiger partial charge in [-0.15, -0.1) is 11.3 Å². The summed E-state index contributed by atoms with van der Waals surface area (Å²) in [6, 6.07) is 34.2. The van der Waals surface area contributed by atoms with Crippen molar-refractivity contribution in [1.82, 2.24) is 19.7 Å².